The fourth-order valence-electron chi connectivity index (χ4n) is 4.54. The molecule has 4 rings (SSSR count). The van der Waals surface area contributed by atoms with Gasteiger partial charge in [0.25, 0.3) is 0 Å². The van der Waals surface area contributed by atoms with Crippen LogP contribution in [0, 0.1) is 0 Å². The Labute approximate surface area is 255 Å². The third kappa shape index (κ3) is 8.88. The number of pyridine rings is 2. The SMILES string of the molecule is NC(=CC=Nc1cccc(C(Cc2ccccc2)(Cc2ccccc2)c2cccc(N=CC=C(N)C(F)(F)F)n2)n1)C(F)(F)F. The number of hydrogen-bond acceptors (Lipinski definition) is 6. The van der Waals surface area contributed by atoms with Crippen LogP contribution in [0.25, 0.3) is 0 Å². The van der Waals surface area contributed by atoms with Gasteiger partial charge < -0.3 is 11.5 Å². The van der Waals surface area contributed by atoms with Crippen LogP contribution in [0.5, 0.6) is 0 Å². The molecular weight excluding hydrogens is 594 g/mol. The van der Waals surface area contributed by atoms with Crippen molar-refractivity contribution < 1.29 is 26.3 Å². The number of aliphatic imine (C=N–C) groups is 2. The van der Waals surface area contributed by atoms with Gasteiger partial charge in [0.15, 0.2) is 11.6 Å². The van der Waals surface area contributed by atoms with Gasteiger partial charge in [-0.05, 0) is 60.4 Å². The molecule has 2 aromatic carbocycles. The van der Waals surface area contributed by atoms with Crippen molar-refractivity contribution in [3.8, 4) is 0 Å². The summed E-state index contributed by atoms with van der Waals surface area (Å²) >= 11 is 0. The van der Waals surface area contributed by atoms with Crippen LogP contribution < -0.4 is 11.5 Å². The lowest BCUT2D eigenvalue weighted by Gasteiger charge is -2.34. The summed E-state index contributed by atoms with van der Waals surface area (Å²) in [7, 11) is 0. The van der Waals surface area contributed by atoms with E-state index in [1.807, 2.05) is 60.7 Å². The van der Waals surface area contributed by atoms with Crippen LogP contribution in [0.4, 0.5) is 38.0 Å². The number of allylic oxidation sites excluding steroid dienone is 4. The summed E-state index contributed by atoms with van der Waals surface area (Å²) in [5.41, 5.74) is 9.45. The Morgan fingerprint density at radius 1 is 0.556 bits per heavy atom. The molecule has 0 fully saturated rings. The molecule has 4 aromatic rings. The molecule has 6 nitrogen and oxygen atoms in total. The number of hydrogen-bond donors (Lipinski definition) is 2. The van der Waals surface area contributed by atoms with Crippen molar-refractivity contribution in [2.45, 2.75) is 30.6 Å². The van der Waals surface area contributed by atoms with Crippen LogP contribution in [0.2, 0.25) is 0 Å². The van der Waals surface area contributed by atoms with Crippen LogP contribution >= 0.6 is 0 Å². The van der Waals surface area contributed by atoms with Gasteiger partial charge in [0.1, 0.15) is 11.4 Å². The van der Waals surface area contributed by atoms with Crippen LogP contribution in [0.3, 0.4) is 0 Å². The van der Waals surface area contributed by atoms with Crippen molar-refractivity contribution >= 4 is 24.1 Å². The van der Waals surface area contributed by atoms with Gasteiger partial charge in [-0.1, -0.05) is 72.8 Å². The average Bonchev–Trinajstić information content (AvgIpc) is 3.01. The van der Waals surface area contributed by atoms with Gasteiger partial charge in [-0.2, -0.15) is 26.3 Å². The minimum atomic E-state index is -4.70. The maximum absolute atomic E-state index is 12.9. The molecule has 0 radical (unpaired) electrons. The molecule has 0 spiro atoms. The lowest BCUT2D eigenvalue weighted by molar-refractivity contribution is -0.0933. The van der Waals surface area contributed by atoms with Crippen molar-refractivity contribution in [2.75, 3.05) is 0 Å². The molecule has 12 heteroatoms. The van der Waals surface area contributed by atoms with Gasteiger partial charge >= 0.3 is 12.4 Å². The fourth-order valence-corrected chi connectivity index (χ4v) is 4.54. The van der Waals surface area contributed by atoms with E-state index < -0.39 is 29.2 Å². The number of halogens is 6. The molecule has 0 aliphatic rings. The van der Waals surface area contributed by atoms with Crippen molar-refractivity contribution in [1.82, 2.24) is 9.97 Å². The van der Waals surface area contributed by atoms with Gasteiger partial charge in [-0.15, -0.1) is 0 Å². The highest BCUT2D eigenvalue weighted by atomic mass is 19.4. The smallest absolute Gasteiger partial charge is 0.395 e. The first-order valence-corrected chi connectivity index (χ1v) is 13.5. The van der Waals surface area contributed by atoms with E-state index >= 15 is 0 Å². The van der Waals surface area contributed by atoms with Crippen molar-refractivity contribution in [1.29, 1.82) is 0 Å². The fraction of sp³-hybridized carbons (Fsp3) is 0.152. The average molecular weight is 623 g/mol. The predicted octanol–water partition coefficient (Wildman–Crippen LogP) is 7.46. The molecule has 4 N–H and O–H groups in total. The van der Waals surface area contributed by atoms with Gasteiger partial charge in [-0.25, -0.2) is 20.0 Å². The normalized spacial score (nSPS) is 13.6. The predicted molar refractivity (Wildman–Crippen MR) is 163 cm³/mol. The summed E-state index contributed by atoms with van der Waals surface area (Å²) in [5.74, 6) is 0.261. The van der Waals surface area contributed by atoms with E-state index in [1.165, 1.54) is 0 Å². The zero-order valence-electron chi connectivity index (χ0n) is 23.7. The van der Waals surface area contributed by atoms with Gasteiger partial charge in [-0.3, -0.25) is 0 Å². The molecule has 45 heavy (non-hydrogen) atoms. The van der Waals surface area contributed by atoms with E-state index in [1.54, 1.807) is 36.4 Å². The summed E-state index contributed by atoms with van der Waals surface area (Å²) in [6.07, 6.45) is -5.48. The van der Waals surface area contributed by atoms with E-state index in [2.05, 4.69) is 9.98 Å². The van der Waals surface area contributed by atoms with Crippen LogP contribution in [-0.4, -0.2) is 34.7 Å². The quantitative estimate of drug-likeness (QED) is 0.142. The van der Waals surface area contributed by atoms with E-state index in [4.69, 9.17) is 21.4 Å². The highest BCUT2D eigenvalue weighted by Gasteiger charge is 2.38. The summed E-state index contributed by atoms with van der Waals surface area (Å²) < 4.78 is 77.1. The monoisotopic (exact) mass is 622 g/mol. The Balaban J connectivity index is 1.88. The largest absolute Gasteiger partial charge is 0.430 e. The highest BCUT2D eigenvalue weighted by molar-refractivity contribution is 5.75. The molecule has 0 atom stereocenters. The summed E-state index contributed by atoms with van der Waals surface area (Å²) in [6, 6.07) is 29.1. The molecule has 0 saturated carbocycles. The second-order valence-corrected chi connectivity index (χ2v) is 9.96. The van der Waals surface area contributed by atoms with E-state index in [9.17, 15) is 26.3 Å². The van der Waals surface area contributed by atoms with Crippen molar-refractivity contribution in [2.24, 2.45) is 21.5 Å². The minimum absolute atomic E-state index is 0.131. The first kappa shape index (κ1) is 32.6. The first-order valence-electron chi connectivity index (χ1n) is 13.5. The second-order valence-electron chi connectivity index (χ2n) is 9.96. The number of nitrogens with zero attached hydrogens (tertiary/aromatic N) is 4. The number of rotatable bonds is 10. The number of benzene rings is 2. The van der Waals surface area contributed by atoms with Crippen LogP contribution in [0.1, 0.15) is 22.5 Å². The first-order chi connectivity index (χ1) is 21.4. The molecule has 0 bridgehead atoms. The Morgan fingerprint density at radius 2 is 0.933 bits per heavy atom. The molecule has 0 aliphatic heterocycles. The van der Waals surface area contributed by atoms with Crippen LogP contribution in [-0.2, 0) is 18.3 Å². The zero-order valence-corrected chi connectivity index (χ0v) is 23.7. The molecule has 2 heterocycles. The topological polar surface area (TPSA) is 103 Å². The summed E-state index contributed by atoms with van der Waals surface area (Å²) in [6.45, 7) is 0. The number of aromatic nitrogens is 2. The molecule has 0 amide bonds. The summed E-state index contributed by atoms with van der Waals surface area (Å²) in [5, 5.41) is 0. The molecule has 232 valence electrons. The van der Waals surface area contributed by atoms with Crippen LogP contribution in [0.15, 0.2) is 131 Å². The standard InChI is InChI=1S/C33H28F6N6/c34-32(35,36)25(40)17-19-42-29-15-7-13-27(44-29)31(21-23-9-3-1-4-10-23,22-24-11-5-2-6-12-24)28-14-8-16-30(45-28)43-20-18-26(41)33(37,38)39/h1-20H,21-22,40-41H2. The number of alkyl halides is 6. The Bertz CT molecular complexity index is 1570. The molecule has 0 saturated heterocycles. The van der Waals surface area contributed by atoms with Crippen molar-refractivity contribution in [3.05, 3.63) is 143 Å². The lowest BCUT2D eigenvalue weighted by Crippen LogP contribution is -2.35. The highest BCUT2D eigenvalue weighted by Crippen LogP contribution is 2.39. The van der Waals surface area contributed by atoms with E-state index in [0.29, 0.717) is 36.4 Å². The summed E-state index contributed by atoms with van der Waals surface area (Å²) in [4.78, 5) is 17.7. The van der Waals surface area contributed by atoms with Crippen molar-refractivity contribution in [3.63, 3.8) is 0 Å². The molecule has 0 aliphatic carbocycles. The Morgan fingerprint density at radius 3 is 1.29 bits per heavy atom. The lowest BCUT2D eigenvalue weighted by atomic mass is 9.71. The maximum atomic E-state index is 12.9. The van der Waals surface area contributed by atoms with E-state index in [-0.39, 0.29) is 11.6 Å². The van der Waals surface area contributed by atoms with Gasteiger partial charge in [0.2, 0.25) is 0 Å². The van der Waals surface area contributed by atoms with Gasteiger partial charge in [0, 0.05) is 12.4 Å². The third-order valence-electron chi connectivity index (χ3n) is 6.72. The van der Waals surface area contributed by atoms with E-state index in [0.717, 1.165) is 23.6 Å². The Kier molecular flexibility index (Phi) is 10.2. The Hall–Kier alpha value is -5.26. The second kappa shape index (κ2) is 14.0. The molecular formula is C33H28F6N6. The zero-order chi connectivity index (χ0) is 32.5. The van der Waals surface area contributed by atoms with Gasteiger partial charge in [0.05, 0.1) is 16.8 Å². The third-order valence-corrected chi connectivity index (χ3v) is 6.72. The maximum Gasteiger partial charge on any atom is 0.430 e. The molecule has 2 aromatic heterocycles. The number of nitrogens with two attached hydrogens (primary N) is 2. The minimum Gasteiger partial charge on any atom is -0.395 e. The molecule has 0 unspecified atom stereocenters.